The minimum Gasteiger partial charge on any atom is -0.391 e. The number of aliphatic hydroxyl groups is 2. The number of rotatable bonds is 4. The summed E-state index contributed by atoms with van der Waals surface area (Å²) in [7, 11) is 3.12. The van der Waals surface area contributed by atoms with Gasteiger partial charge in [-0.1, -0.05) is 0 Å². The molecule has 0 aromatic rings. The summed E-state index contributed by atoms with van der Waals surface area (Å²) in [6.07, 6.45) is -0.648. The van der Waals surface area contributed by atoms with Crippen LogP contribution >= 0.6 is 0 Å². The third-order valence-electron chi connectivity index (χ3n) is 0.816. The van der Waals surface area contributed by atoms with E-state index in [1.807, 2.05) is 0 Å². The molecule has 12 heavy (non-hydrogen) atoms. The highest BCUT2D eigenvalue weighted by Gasteiger charge is 1.88. The lowest BCUT2D eigenvalue weighted by Gasteiger charge is -1.97. The average Bonchev–Trinajstić information content (AvgIpc) is 1.87. The topological polar surface area (TPSA) is 58.9 Å². The van der Waals surface area contributed by atoms with Gasteiger partial charge in [0.05, 0.1) is 25.4 Å². The van der Waals surface area contributed by atoms with Crippen LogP contribution in [0.5, 0.6) is 0 Å². The van der Waals surface area contributed by atoms with Crippen molar-refractivity contribution < 1.29 is 19.7 Å². The molecular formula is C8H20O4. The van der Waals surface area contributed by atoms with E-state index in [2.05, 4.69) is 9.47 Å². The first-order chi connectivity index (χ1) is 5.54. The average molecular weight is 180 g/mol. The van der Waals surface area contributed by atoms with Crippen molar-refractivity contribution in [1.82, 2.24) is 0 Å². The van der Waals surface area contributed by atoms with Crippen LogP contribution in [-0.4, -0.2) is 49.9 Å². The van der Waals surface area contributed by atoms with E-state index in [9.17, 15) is 0 Å². The lowest BCUT2D eigenvalue weighted by Crippen LogP contribution is -2.07. The molecule has 0 rings (SSSR count). The molecule has 76 valence electrons. The van der Waals surface area contributed by atoms with Crippen LogP contribution in [0.3, 0.4) is 0 Å². The van der Waals surface area contributed by atoms with Crippen molar-refractivity contribution in [3.05, 3.63) is 0 Å². The first kappa shape index (κ1) is 14.4. The second-order valence-corrected chi connectivity index (χ2v) is 2.61. The summed E-state index contributed by atoms with van der Waals surface area (Å²) in [5.41, 5.74) is 0. The third-order valence-corrected chi connectivity index (χ3v) is 0.816. The van der Waals surface area contributed by atoms with Crippen LogP contribution in [0, 0.1) is 0 Å². The molecule has 2 atom stereocenters. The molecule has 0 heterocycles. The molecule has 0 bridgehead atoms. The second kappa shape index (κ2) is 10.8. The Morgan fingerprint density at radius 3 is 1.17 bits per heavy atom. The Hall–Kier alpha value is -0.160. The van der Waals surface area contributed by atoms with Crippen LogP contribution in [0.1, 0.15) is 13.8 Å². The molecule has 0 aliphatic rings. The standard InChI is InChI=1S/2C4H10O2/c2*1-4(5)3-6-2/h2*4-5H,3H2,1-2H3. The molecule has 2 unspecified atom stereocenters. The molecule has 4 nitrogen and oxygen atoms in total. The molecule has 0 saturated heterocycles. The number of methoxy groups -OCH3 is 2. The minimum absolute atomic E-state index is 0.324. The van der Waals surface area contributed by atoms with Gasteiger partial charge in [0, 0.05) is 14.2 Å². The minimum atomic E-state index is -0.324. The summed E-state index contributed by atoms with van der Waals surface area (Å²) >= 11 is 0. The molecular weight excluding hydrogens is 160 g/mol. The summed E-state index contributed by atoms with van der Waals surface area (Å²) in [4.78, 5) is 0. The highest BCUT2D eigenvalue weighted by Crippen LogP contribution is 1.76. The van der Waals surface area contributed by atoms with E-state index in [0.29, 0.717) is 13.2 Å². The second-order valence-electron chi connectivity index (χ2n) is 2.61. The Kier molecular flexibility index (Phi) is 13.0. The predicted molar refractivity (Wildman–Crippen MR) is 47.1 cm³/mol. The fourth-order valence-electron chi connectivity index (χ4n) is 0.482. The molecule has 0 spiro atoms. The van der Waals surface area contributed by atoms with Crippen molar-refractivity contribution >= 4 is 0 Å². The van der Waals surface area contributed by atoms with Crippen molar-refractivity contribution in [3.8, 4) is 0 Å². The summed E-state index contributed by atoms with van der Waals surface area (Å²) in [5.74, 6) is 0. The van der Waals surface area contributed by atoms with Gasteiger partial charge in [-0.2, -0.15) is 0 Å². The van der Waals surface area contributed by atoms with Gasteiger partial charge in [0.25, 0.3) is 0 Å². The summed E-state index contributed by atoms with van der Waals surface area (Å²) < 4.78 is 9.11. The van der Waals surface area contributed by atoms with Crippen LogP contribution in [-0.2, 0) is 9.47 Å². The maximum Gasteiger partial charge on any atom is 0.0745 e. The van der Waals surface area contributed by atoms with Crippen LogP contribution in [0.15, 0.2) is 0 Å². The molecule has 0 aliphatic carbocycles. The van der Waals surface area contributed by atoms with Crippen molar-refractivity contribution in [2.75, 3.05) is 27.4 Å². The zero-order chi connectivity index (χ0) is 9.98. The maximum atomic E-state index is 8.43. The van der Waals surface area contributed by atoms with Gasteiger partial charge in [-0.05, 0) is 13.8 Å². The maximum absolute atomic E-state index is 8.43. The Bertz CT molecular complexity index is 63.5. The first-order valence-electron chi connectivity index (χ1n) is 3.88. The van der Waals surface area contributed by atoms with E-state index in [1.165, 1.54) is 0 Å². The molecule has 0 aromatic carbocycles. The number of hydrogen-bond donors (Lipinski definition) is 2. The number of ether oxygens (including phenoxy) is 2. The SMILES string of the molecule is COCC(C)O.COCC(C)O. The first-order valence-corrected chi connectivity index (χ1v) is 3.88. The number of hydrogen-bond acceptors (Lipinski definition) is 4. The van der Waals surface area contributed by atoms with Gasteiger partial charge in [-0.15, -0.1) is 0 Å². The largest absolute Gasteiger partial charge is 0.391 e. The lowest BCUT2D eigenvalue weighted by molar-refractivity contribution is 0.0764. The van der Waals surface area contributed by atoms with Gasteiger partial charge in [-0.25, -0.2) is 0 Å². The Labute approximate surface area is 74.1 Å². The smallest absolute Gasteiger partial charge is 0.0745 e. The summed E-state index contributed by atoms with van der Waals surface area (Å²) in [5, 5.41) is 16.9. The zero-order valence-corrected chi connectivity index (χ0v) is 8.28. The molecule has 0 radical (unpaired) electrons. The Morgan fingerprint density at radius 1 is 0.917 bits per heavy atom. The lowest BCUT2D eigenvalue weighted by atomic mass is 10.5. The fourth-order valence-corrected chi connectivity index (χ4v) is 0.482. The molecule has 4 heteroatoms. The molecule has 0 fully saturated rings. The third kappa shape index (κ3) is 22.5. The van der Waals surface area contributed by atoms with E-state index < -0.39 is 0 Å². The van der Waals surface area contributed by atoms with E-state index in [4.69, 9.17) is 10.2 Å². The predicted octanol–water partition coefficient (Wildman–Crippen LogP) is 0.0272. The Morgan fingerprint density at radius 2 is 1.17 bits per heavy atom. The van der Waals surface area contributed by atoms with Crippen molar-refractivity contribution in [1.29, 1.82) is 0 Å². The van der Waals surface area contributed by atoms with E-state index in [1.54, 1.807) is 28.1 Å². The normalized spacial score (nSPS) is 14.5. The van der Waals surface area contributed by atoms with Gasteiger partial charge < -0.3 is 19.7 Å². The Balaban J connectivity index is 0. The van der Waals surface area contributed by atoms with Crippen molar-refractivity contribution in [2.24, 2.45) is 0 Å². The summed E-state index contributed by atoms with van der Waals surface area (Å²) in [6, 6.07) is 0. The highest BCUT2D eigenvalue weighted by atomic mass is 16.5. The zero-order valence-electron chi connectivity index (χ0n) is 8.28. The quantitative estimate of drug-likeness (QED) is 0.640. The van der Waals surface area contributed by atoms with Gasteiger partial charge >= 0.3 is 0 Å². The van der Waals surface area contributed by atoms with Gasteiger partial charge in [0.15, 0.2) is 0 Å². The fraction of sp³-hybridized carbons (Fsp3) is 1.00. The van der Waals surface area contributed by atoms with E-state index in [0.717, 1.165) is 0 Å². The van der Waals surface area contributed by atoms with Crippen molar-refractivity contribution in [2.45, 2.75) is 26.1 Å². The summed E-state index contributed by atoms with van der Waals surface area (Å²) in [6.45, 7) is 4.23. The van der Waals surface area contributed by atoms with E-state index in [-0.39, 0.29) is 12.2 Å². The van der Waals surface area contributed by atoms with Crippen LogP contribution < -0.4 is 0 Å². The van der Waals surface area contributed by atoms with Crippen LogP contribution in [0.4, 0.5) is 0 Å². The van der Waals surface area contributed by atoms with E-state index >= 15 is 0 Å². The monoisotopic (exact) mass is 180 g/mol. The molecule has 0 saturated carbocycles. The highest BCUT2D eigenvalue weighted by molar-refractivity contribution is 4.37. The number of aliphatic hydroxyl groups excluding tert-OH is 2. The van der Waals surface area contributed by atoms with Crippen LogP contribution in [0.25, 0.3) is 0 Å². The van der Waals surface area contributed by atoms with Crippen LogP contribution in [0.2, 0.25) is 0 Å². The molecule has 0 amide bonds. The molecule has 0 aliphatic heterocycles. The van der Waals surface area contributed by atoms with Gasteiger partial charge in [0.1, 0.15) is 0 Å². The van der Waals surface area contributed by atoms with Gasteiger partial charge in [0.2, 0.25) is 0 Å². The molecule has 0 aromatic heterocycles. The molecule has 2 N–H and O–H groups in total. The van der Waals surface area contributed by atoms with Gasteiger partial charge in [-0.3, -0.25) is 0 Å². The van der Waals surface area contributed by atoms with Crippen molar-refractivity contribution in [3.63, 3.8) is 0 Å².